The van der Waals surface area contributed by atoms with Gasteiger partial charge in [-0.3, -0.25) is 0 Å². The van der Waals surface area contributed by atoms with Crippen LogP contribution in [0.1, 0.15) is 33.7 Å². The molecular weight excluding hydrogens is 192 g/mol. The number of hydrogen-bond acceptors (Lipinski definition) is 2. The van der Waals surface area contributed by atoms with Crippen LogP contribution < -0.4 is 5.73 Å². The first-order valence-corrected chi connectivity index (χ1v) is 5.08. The van der Waals surface area contributed by atoms with Gasteiger partial charge in [-0.25, -0.2) is 4.79 Å². The van der Waals surface area contributed by atoms with Gasteiger partial charge in [0.1, 0.15) is 5.69 Å². The summed E-state index contributed by atoms with van der Waals surface area (Å²) in [4.78, 5) is 11.0. The fraction of sp³-hybridized carbons (Fsp3) is 0.545. The molecule has 0 amide bonds. The molecule has 4 nitrogen and oxygen atoms in total. The zero-order valence-corrected chi connectivity index (χ0v) is 9.50. The third-order valence-corrected chi connectivity index (χ3v) is 2.91. The summed E-state index contributed by atoms with van der Waals surface area (Å²) in [6.45, 7) is 4.45. The van der Waals surface area contributed by atoms with E-state index < -0.39 is 5.97 Å². The minimum Gasteiger partial charge on any atom is -0.477 e. The topological polar surface area (TPSA) is 68.2 Å². The lowest BCUT2D eigenvalue weighted by Gasteiger charge is -2.05. The summed E-state index contributed by atoms with van der Waals surface area (Å²) in [6, 6.07) is 0. The predicted molar refractivity (Wildman–Crippen MR) is 59.2 cm³/mol. The number of hydrogen-bond donors (Lipinski definition) is 2. The van der Waals surface area contributed by atoms with Gasteiger partial charge in [0.05, 0.1) is 0 Å². The standard InChI is InChI=1S/C11H18N2O2/c1-7-8(2)10(11(14)15)13(3)9(7)5-4-6-12/h4-6,12H2,1-3H3,(H,14,15). The maximum Gasteiger partial charge on any atom is 0.352 e. The molecule has 84 valence electrons. The number of nitrogens with two attached hydrogens (primary N) is 1. The molecule has 0 aliphatic rings. The minimum atomic E-state index is -0.864. The molecule has 0 unspecified atom stereocenters. The largest absolute Gasteiger partial charge is 0.477 e. The summed E-state index contributed by atoms with van der Waals surface area (Å²) in [5.41, 5.74) is 8.85. The normalized spacial score (nSPS) is 10.7. The Balaban J connectivity index is 3.17. The molecule has 4 heteroatoms. The molecule has 0 aliphatic heterocycles. The maximum atomic E-state index is 11.0. The van der Waals surface area contributed by atoms with E-state index in [1.165, 1.54) is 0 Å². The third kappa shape index (κ3) is 2.04. The van der Waals surface area contributed by atoms with Crippen molar-refractivity contribution in [2.45, 2.75) is 26.7 Å². The van der Waals surface area contributed by atoms with Crippen LogP contribution in [-0.2, 0) is 13.5 Å². The molecule has 0 aromatic carbocycles. The Morgan fingerprint density at radius 2 is 2.00 bits per heavy atom. The Labute approximate surface area is 89.7 Å². The molecular formula is C11H18N2O2. The third-order valence-electron chi connectivity index (χ3n) is 2.91. The van der Waals surface area contributed by atoms with Gasteiger partial charge >= 0.3 is 5.97 Å². The minimum absolute atomic E-state index is 0.388. The van der Waals surface area contributed by atoms with Crippen LogP contribution in [0.4, 0.5) is 0 Å². The quantitative estimate of drug-likeness (QED) is 0.785. The SMILES string of the molecule is Cc1c(C)c(C(=O)O)n(C)c1CCCN. The summed E-state index contributed by atoms with van der Waals surface area (Å²) in [5, 5.41) is 9.06. The van der Waals surface area contributed by atoms with Crippen molar-refractivity contribution in [1.82, 2.24) is 4.57 Å². The molecule has 15 heavy (non-hydrogen) atoms. The Kier molecular flexibility index (Phi) is 3.52. The Bertz CT molecular complexity index is 380. The van der Waals surface area contributed by atoms with Gasteiger partial charge in [-0.15, -0.1) is 0 Å². The van der Waals surface area contributed by atoms with E-state index in [9.17, 15) is 4.79 Å². The number of aromatic nitrogens is 1. The molecule has 3 N–H and O–H groups in total. The number of aromatic carboxylic acids is 1. The second-order valence-electron chi connectivity index (χ2n) is 3.80. The first-order chi connectivity index (χ1) is 7.00. The Morgan fingerprint density at radius 3 is 2.40 bits per heavy atom. The molecule has 0 fully saturated rings. The van der Waals surface area contributed by atoms with E-state index >= 15 is 0 Å². The number of rotatable bonds is 4. The molecule has 0 spiro atoms. The summed E-state index contributed by atoms with van der Waals surface area (Å²) >= 11 is 0. The fourth-order valence-electron chi connectivity index (χ4n) is 1.96. The lowest BCUT2D eigenvalue weighted by Crippen LogP contribution is -2.09. The fourth-order valence-corrected chi connectivity index (χ4v) is 1.96. The highest BCUT2D eigenvalue weighted by Gasteiger charge is 2.19. The second kappa shape index (κ2) is 4.49. The van der Waals surface area contributed by atoms with E-state index in [2.05, 4.69) is 0 Å². The van der Waals surface area contributed by atoms with Crippen LogP contribution in [0, 0.1) is 13.8 Å². The van der Waals surface area contributed by atoms with Crippen LogP contribution in [-0.4, -0.2) is 22.2 Å². The summed E-state index contributed by atoms with van der Waals surface area (Å²) in [7, 11) is 1.80. The monoisotopic (exact) mass is 210 g/mol. The van der Waals surface area contributed by atoms with Gasteiger partial charge in [-0.2, -0.15) is 0 Å². The van der Waals surface area contributed by atoms with Crippen LogP contribution in [0.3, 0.4) is 0 Å². The van der Waals surface area contributed by atoms with Gasteiger partial charge in [-0.1, -0.05) is 0 Å². The maximum absolute atomic E-state index is 11.0. The average Bonchev–Trinajstić information content (AvgIpc) is 2.37. The molecule has 1 aromatic heterocycles. The van der Waals surface area contributed by atoms with E-state index in [0.29, 0.717) is 12.2 Å². The molecule has 0 saturated heterocycles. The van der Waals surface area contributed by atoms with Gasteiger partial charge in [0, 0.05) is 12.7 Å². The van der Waals surface area contributed by atoms with E-state index in [4.69, 9.17) is 10.8 Å². The number of carboxylic acids is 1. The van der Waals surface area contributed by atoms with Gasteiger partial charge in [0.15, 0.2) is 0 Å². The summed E-state index contributed by atoms with van der Waals surface area (Å²) < 4.78 is 1.77. The van der Waals surface area contributed by atoms with Crippen molar-refractivity contribution in [3.63, 3.8) is 0 Å². The molecule has 0 radical (unpaired) electrons. The van der Waals surface area contributed by atoms with Crippen molar-refractivity contribution in [3.05, 3.63) is 22.5 Å². The lowest BCUT2D eigenvalue weighted by atomic mass is 10.1. The summed E-state index contributed by atoms with van der Waals surface area (Å²) in [5.74, 6) is -0.864. The van der Waals surface area contributed by atoms with Crippen molar-refractivity contribution >= 4 is 5.97 Å². The van der Waals surface area contributed by atoms with Crippen LogP contribution in [0.25, 0.3) is 0 Å². The summed E-state index contributed by atoms with van der Waals surface area (Å²) in [6.07, 6.45) is 1.73. The zero-order valence-electron chi connectivity index (χ0n) is 9.50. The molecule has 0 saturated carbocycles. The van der Waals surface area contributed by atoms with Gasteiger partial charge in [0.25, 0.3) is 0 Å². The predicted octanol–water partition coefficient (Wildman–Crippen LogP) is 1.23. The van der Waals surface area contributed by atoms with Crippen LogP contribution in [0.5, 0.6) is 0 Å². The van der Waals surface area contributed by atoms with E-state index in [-0.39, 0.29) is 0 Å². The lowest BCUT2D eigenvalue weighted by molar-refractivity contribution is 0.0685. The van der Waals surface area contributed by atoms with Crippen molar-refractivity contribution in [3.8, 4) is 0 Å². The molecule has 0 bridgehead atoms. The van der Waals surface area contributed by atoms with Crippen LogP contribution in [0.15, 0.2) is 0 Å². The van der Waals surface area contributed by atoms with Gasteiger partial charge in [0.2, 0.25) is 0 Å². The van der Waals surface area contributed by atoms with Crippen molar-refractivity contribution in [1.29, 1.82) is 0 Å². The Morgan fingerprint density at radius 1 is 1.40 bits per heavy atom. The second-order valence-corrected chi connectivity index (χ2v) is 3.80. The van der Waals surface area contributed by atoms with Gasteiger partial charge in [-0.05, 0) is 44.4 Å². The first kappa shape index (κ1) is 11.8. The molecule has 1 rings (SSSR count). The van der Waals surface area contributed by atoms with E-state index in [0.717, 1.165) is 29.7 Å². The highest BCUT2D eigenvalue weighted by atomic mass is 16.4. The van der Waals surface area contributed by atoms with Crippen molar-refractivity contribution in [2.75, 3.05) is 6.54 Å². The smallest absolute Gasteiger partial charge is 0.352 e. The molecule has 0 aliphatic carbocycles. The molecule has 1 aromatic rings. The highest BCUT2D eigenvalue weighted by Crippen LogP contribution is 2.21. The number of nitrogens with zero attached hydrogens (tertiary/aromatic N) is 1. The van der Waals surface area contributed by atoms with Crippen molar-refractivity contribution < 1.29 is 9.90 Å². The average molecular weight is 210 g/mol. The van der Waals surface area contributed by atoms with Crippen LogP contribution in [0.2, 0.25) is 0 Å². The van der Waals surface area contributed by atoms with E-state index in [1.54, 1.807) is 11.6 Å². The number of carbonyl (C=O) groups is 1. The van der Waals surface area contributed by atoms with Crippen molar-refractivity contribution in [2.24, 2.45) is 12.8 Å². The zero-order chi connectivity index (χ0) is 11.6. The number of carboxylic acid groups (broad SMARTS) is 1. The van der Waals surface area contributed by atoms with Gasteiger partial charge < -0.3 is 15.4 Å². The first-order valence-electron chi connectivity index (χ1n) is 5.08. The Hall–Kier alpha value is -1.29. The highest BCUT2D eigenvalue weighted by molar-refractivity contribution is 5.88. The van der Waals surface area contributed by atoms with E-state index in [1.807, 2.05) is 13.8 Å². The molecule has 0 atom stereocenters. The van der Waals surface area contributed by atoms with Crippen LogP contribution >= 0.6 is 0 Å². The molecule has 1 heterocycles.